The van der Waals surface area contributed by atoms with E-state index in [4.69, 9.17) is 0 Å². The molecule has 0 saturated carbocycles. The van der Waals surface area contributed by atoms with Crippen molar-refractivity contribution in [3.63, 3.8) is 0 Å². The van der Waals surface area contributed by atoms with Crippen LogP contribution in [0.3, 0.4) is 0 Å². The number of allylic oxidation sites excluding steroid dienone is 2. The zero-order chi connectivity index (χ0) is 12.5. The van der Waals surface area contributed by atoms with Gasteiger partial charge in [0.2, 0.25) is 0 Å². The van der Waals surface area contributed by atoms with Gasteiger partial charge < -0.3 is 4.90 Å². The minimum absolute atomic E-state index is 0.0667. The molecule has 0 fully saturated rings. The van der Waals surface area contributed by atoms with Crippen LogP contribution in [-0.2, 0) is 0 Å². The van der Waals surface area contributed by atoms with Crippen molar-refractivity contribution in [1.29, 1.82) is 0 Å². The second-order valence-corrected chi connectivity index (χ2v) is 4.63. The lowest BCUT2D eigenvalue weighted by atomic mass is 9.92. The predicted octanol–water partition coefficient (Wildman–Crippen LogP) is 3.47. The number of hydrogen-bond donors (Lipinski definition) is 0. The molecular weight excluding hydrogens is 216 g/mol. The van der Waals surface area contributed by atoms with E-state index in [1.165, 1.54) is 12.1 Å². The van der Waals surface area contributed by atoms with Gasteiger partial charge in [-0.15, -0.1) is 0 Å². The highest BCUT2D eigenvalue weighted by Crippen LogP contribution is 2.27. The van der Waals surface area contributed by atoms with Crippen LogP contribution in [0.2, 0.25) is 0 Å². The highest BCUT2D eigenvalue weighted by molar-refractivity contribution is 5.56. The summed E-state index contributed by atoms with van der Waals surface area (Å²) in [6, 6.07) is 6.50. The molecule has 4 heteroatoms. The number of rotatable bonds is 2. The number of benzene rings is 1. The minimum Gasteiger partial charge on any atom is -0.324 e. The first-order valence-corrected chi connectivity index (χ1v) is 5.39. The molecule has 0 amide bonds. The molecule has 1 aromatic carbocycles. The van der Waals surface area contributed by atoms with E-state index in [1.807, 2.05) is 17.3 Å². The number of hydrogen-bond acceptors (Lipinski definition) is 3. The van der Waals surface area contributed by atoms with E-state index in [2.05, 4.69) is 26.0 Å². The fraction of sp³-hybridized carbons (Fsp3) is 0.231. The molecule has 17 heavy (non-hydrogen) atoms. The maximum atomic E-state index is 10.5. The van der Waals surface area contributed by atoms with Gasteiger partial charge in [-0.3, -0.25) is 10.1 Å². The van der Waals surface area contributed by atoms with Crippen molar-refractivity contribution >= 4 is 11.4 Å². The van der Waals surface area contributed by atoms with Crippen LogP contribution in [0, 0.1) is 15.5 Å². The highest BCUT2D eigenvalue weighted by atomic mass is 16.6. The molecule has 0 N–H and O–H groups in total. The average molecular weight is 230 g/mol. The summed E-state index contributed by atoms with van der Waals surface area (Å²) in [5.41, 5.74) is 1.09. The Kier molecular flexibility index (Phi) is 2.71. The predicted molar refractivity (Wildman–Crippen MR) is 67.6 cm³/mol. The van der Waals surface area contributed by atoms with Crippen LogP contribution in [0.4, 0.5) is 11.4 Å². The molecule has 2 rings (SSSR count). The van der Waals surface area contributed by atoms with Crippen molar-refractivity contribution in [3.8, 4) is 0 Å². The largest absolute Gasteiger partial charge is 0.324 e. The third-order valence-electron chi connectivity index (χ3n) is 2.69. The molecule has 0 aromatic heterocycles. The zero-order valence-corrected chi connectivity index (χ0v) is 9.83. The standard InChI is InChI=1S/C13H14N2O2/c1-13(2)7-9-14(10-8-13)11-3-5-12(6-4-11)15(16)17/h3-10H,1-2H3. The van der Waals surface area contributed by atoms with Crippen molar-refractivity contribution in [2.24, 2.45) is 5.41 Å². The van der Waals surface area contributed by atoms with E-state index in [9.17, 15) is 10.1 Å². The monoisotopic (exact) mass is 230 g/mol. The van der Waals surface area contributed by atoms with Gasteiger partial charge in [0.1, 0.15) is 0 Å². The first-order valence-electron chi connectivity index (χ1n) is 5.39. The van der Waals surface area contributed by atoms with E-state index in [0.717, 1.165) is 5.69 Å². The van der Waals surface area contributed by atoms with Gasteiger partial charge in [0, 0.05) is 35.6 Å². The molecule has 0 aliphatic carbocycles. The molecule has 88 valence electrons. The van der Waals surface area contributed by atoms with Crippen LogP contribution >= 0.6 is 0 Å². The van der Waals surface area contributed by atoms with Crippen molar-refractivity contribution < 1.29 is 4.92 Å². The maximum Gasteiger partial charge on any atom is 0.269 e. The van der Waals surface area contributed by atoms with E-state index < -0.39 is 4.92 Å². The first-order chi connectivity index (χ1) is 7.98. The van der Waals surface area contributed by atoms with Gasteiger partial charge in [0.25, 0.3) is 5.69 Å². The second-order valence-electron chi connectivity index (χ2n) is 4.63. The number of anilines is 1. The lowest BCUT2D eigenvalue weighted by Crippen LogP contribution is -2.16. The summed E-state index contributed by atoms with van der Waals surface area (Å²) in [5.74, 6) is 0. The SMILES string of the molecule is CC1(C)C=CN(c2ccc([N+](=O)[O-])cc2)C=C1. The van der Waals surface area contributed by atoms with E-state index in [-0.39, 0.29) is 11.1 Å². The van der Waals surface area contributed by atoms with E-state index in [0.29, 0.717) is 0 Å². The van der Waals surface area contributed by atoms with Crippen molar-refractivity contribution in [1.82, 2.24) is 0 Å². The van der Waals surface area contributed by atoms with Gasteiger partial charge in [-0.2, -0.15) is 0 Å². The lowest BCUT2D eigenvalue weighted by Gasteiger charge is -2.25. The Morgan fingerprint density at radius 3 is 2.12 bits per heavy atom. The number of nitrogens with zero attached hydrogens (tertiary/aromatic N) is 2. The Morgan fingerprint density at radius 1 is 1.12 bits per heavy atom. The highest BCUT2D eigenvalue weighted by Gasteiger charge is 2.15. The molecule has 1 aromatic rings. The van der Waals surface area contributed by atoms with Crippen LogP contribution in [0.25, 0.3) is 0 Å². The molecule has 0 unspecified atom stereocenters. The summed E-state index contributed by atoms with van der Waals surface area (Å²) in [4.78, 5) is 12.1. The fourth-order valence-electron chi connectivity index (χ4n) is 1.57. The molecule has 1 aliphatic rings. The smallest absolute Gasteiger partial charge is 0.269 e. The van der Waals surface area contributed by atoms with Crippen molar-refractivity contribution in [2.45, 2.75) is 13.8 Å². The maximum absolute atomic E-state index is 10.5. The summed E-state index contributed by atoms with van der Waals surface area (Å²) >= 11 is 0. The fourth-order valence-corrected chi connectivity index (χ4v) is 1.57. The topological polar surface area (TPSA) is 46.4 Å². The van der Waals surface area contributed by atoms with Crippen LogP contribution < -0.4 is 4.90 Å². The Hall–Kier alpha value is -2.10. The summed E-state index contributed by atoms with van der Waals surface area (Å²) < 4.78 is 0. The molecule has 1 aliphatic heterocycles. The van der Waals surface area contributed by atoms with Gasteiger partial charge >= 0.3 is 0 Å². The Morgan fingerprint density at radius 2 is 1.65 bits per heavy atom. The quantitative estimate of drug-likeness (QED) is 0.577. The third kappa shape index (κ3) is 2.53. The molecule has 1 heterocycles. The Labute approximate surface area is 100 Å². The molecule has 0 radical (unpaired) electrons. The first kappa shape index (κ1) is 11.4. The van der Waals surface area contributed by atoms with Gasteiger partial charge in [0.15, 0.2) is 0 Å². The van der Waals surface area contributed by atoms with Gasteiger partial charge in [-0.05, 0) is 12.1 Å². The van der Waals surface area contributed by atoms with Gasteiger partial charge in [-0.1, -0.05) is 26.0 Å². The number of nitro benzene ring substituents is 1. The summed E-state index contributed by atoms with van der Waals surface area (Å²) in [6.45, 7) is 4.24. The van der Waals surface area contributed by atoms with Crippen LogP contribution in [0.15, 0.2) is 48.8 Å². The molecule has 4 nitrogen and oxygen atoms in total. The molecular formula is C13H14N2O2. The number of nitro groups is 1. The molecule has 0 saturated heterocycles. The summed E-state index contributed by atoms with van der Waals surface area (Å²) in [7, 11) is 0. The Bertz CT molecular complexity index is 471. The zero-order valence-electron chi connectivity index (χ0n) is 9.83. The Balaban J connectivity index is 2.20. The number of non-ortho nitro benzene ring substituents is 1. The van der Waals surface area contributed by atoms with Crippen LogP contribution in [-0.4, -0.2) is 4.92 Å². The van der Waals surface area contributed by atoms with Gasteiger partial charge in [0.05, 0.1) is 4.92 Å². The van der Waals surface area contributed by atoms with Crippen molar-refractivity contribution in [3.05, 3.63) is 58.9 Å². The van der Waals surface area contributed by atoms with Crippen LogP contribution in [0.5, 0.6) is 0 Å². The van der Waals surface area contributed by atoms with Gasteiger partial charge in [-0.25, -0.2) is 0 Å². The van der Waals surface area contributed by atoms with Crippen LogP contribution in [0.1, 0.15) is 13.8 Å². The van der Waals surface area contributed by atoms with E-state index >= 15 is 0 Å². The molecule has 0 bridgehead atoms. The average Bonchev–Trinajstić information content (AvgIpc) is 2.29. The summed E-state index contributed by atoms with van der Waals surface area (Å²) in [6.07, 6.45) is 8.13. The molecule has 0 spiro atoms. The van der Waals surface area contributed by atoms with E-state index in [1.54, 1.807) is 12.1 Å². The minimum atomic E-state index is -0.394. The summed E-state index contributed by atoms with van der Waals surface area (Å²) in [5, 5.41) is 10.5. The molecule has 0 atom stereocenters. The normalized spacial score (nSPS) is 17.2. The lowest BCUT2D eigenvalue weighted by molar-refractivity contribution is -0.384. The third-order valence-corrected chi connectivity index (χ3v) is 2.69. The second kappa shape index (κ2) is 4.05. The van der Waals surface area contributed by atoms with Crippen molar-refractivity contribution in [2.75, 3.05) is 4.90 Å².